The summed E-state index contributed by atoms with van der Waals surface area (Å²) in [4.78, 5) is 57.1. The fourth-order valence-electron chi connectivity index (χ4n) is 4.28. The number of carboxylic acids is 1. The van der Waals surface area contributed by atoms with Crippen LogP contribution in [-0.2, 0) is 26.2 Å². The molecule has 1 atom stereocenters. The molecular formula is C28H30FN5O7S. The van der Waals surface area contributed by atoms with Crippen molar-refractivity contribution in [3.05, 3.63) is 69.0 Å². The number of halogens is 1. The Labute approximate surface area is 241 Å². The van der Waals surface area contributed by atoms with Crippen LogP contribution in [0.3, 0.4) is 0 Å². The zero-order chi connectivity index (χ0) is 31.2. The first kappa shape index (κ1) is 31.8. The van der Waals surface area contributed by atoms with E-state index in [0.29, 0.717) is 22.4 Å². The summed E-state index contributed by atoms with van der Waals surface area (Å²) in [6.45, 7) is 3.84. The number of carbonyl (C=O) groups is 3. The van der Waals surface area contributed by atoms with Crippen LogP contribution >= 0.6 is 0 Å². The Bertz CT molecular complexity index is 1750. The third kappa shape index (κ3) is 8.37. The topological polar surface area (TPSA) is 179 Å². The largest absolute Gasteiger partial charge is 0.480 e. The van der Waals surface area contributed by atoms with E-state index in [1.54, 1.807) is 28.7 Å². The standard InChI is InChI=1S/C28H30FN5O7S/c1-5-11-34(15-18-13-21-24(12-16(18)2)30-17(3)31-27(21)37)19-9-10-20(22(29)14-19)26(36)32-23(28(38)39)7-6-8-25(35)33-42(4,40)41/h1,9-10,12-14,23H,6-8,11,15H2,2-4H3,(H,32,36)(H,33,35)(H,38,39)(H,30,31,37)/t23-/m1/s1. The van der Waals surface area contributed by atoms with Gasteiger partial charge in [-0.15, -0.1) is 6.42 Å². The number of nitrogens with one attached hydrogen (secondary N) is 3. The van der Waals surface area contributed by atoms with Crippen molar-refractivity contribution in [2.45, 2.75) is 45.7 Å². The van der Waals surface area contributed by atoms with Gasteiger partial charge < -0.3 is 20.3 Å². The van der Waals surface area contributed by atoms with Crippen LogP contribution in [0.2, 0.25) is 0 Å². The summed E-state index contributed by atoms with van der Waals surface area (Å²) < 4.78 is 39.1. The molecule has 0 fully saturated rings. The van der Waals surface area contributed by atoms with E-state index in [-0.39, 0.29) is 37.9 Å². The van der Waals surface area contributed by atoms with Gasteiger partial charge in [0.15, 0.2) is 0 Å². The summed E-state index contributed by atoms with van der Waals surface area (Å²) in [6, 6.07) is 5.81. The Morgan fingerprint density at radius 1 is 1.21 bits per heavy atom. The quantitative estimate of drug-likeness (QED) is 0.226. The van der Waals surface area contributed by atoms with Crippen molar-refractivity contribution in [3.63, 3.8) is 0 Å². The van der Waals surface area contributed by atoms with Gasteiger partial charge in [-0.05, 0) is 68.1 Å². The van der Waals surface area contributed by atoms with Gasteiger partial charge in [0.1, 0.15) is 17.7 Å². The fourth-order valence-corrected chi connectivity index (χ4v) is 4.80. The highest BCUT2D eigenvalue weighted by atomic mass is 32.2. The Kier molecular flexibility index (Phi) is 10.0. The van der Waals surface area contributed by atoms with Gasteiger partial charge in [0, 0.05) is 18.7 Å². The van der Waals surface area contributed by atoms with Crippen LogP contribution < -0.4 is 20.5 Å². The van der Waals surface area contributed by atoms with Gasteiger partial charge >= 0.3 is 5.97 Å². The maximum absolute atomic E-state index is 15.1. The monoisotopic (exact) mass is 599 g/mol. The molecule has 1 aromatic heterocycles. The lowest BCUT2D eigenvalue weighted by Gasteiger charge is -2.24. The van der Waals surface area contributed by atoms with Crippen LogP contribution in [0.15, 0.2) is 35.1 Å². The number of aliphatic carboxylic acids is 1. The van der Waals surface area contributed by atoms with Crippen molar-refractivity contribution in [1.82, 2.24) is 20.0 Å². The molecule has 42 heavy (non-hydrogen) atoms. The molecule has 3 aromatic rings. The summed E-state index contributed by atoms with van der Waals surface area (Å²) in [5, 5.41) is 12.1. The molecule has 0 aliphatic carbocycles. The number of hydrogen-bond acceptors (Lipinski definition) is 8. The second kappa shape index (κ2) is 13.3. The van der Waals surface area contributed by atoms with Gasteiger partial charge in [-0.25, -0.2) is 22.6 Å². The third-order valence-electron chi connectivity index (χ3n) is 6.29. The second-order valence-electron chi connectivity index (χ2n) is 9.73. The first-order valence-electron chi connectivity index (χ1n) is 12.7. The predicted octanol–water partition coefficient (Wildman–Crippen LogP) is 1.75. The molecule has 2 aromatic carbocycles. The number of carbonyl (C=O) groups excluding carboxylic acids is 2. The lowest BCUT2D eigenvalue weighted by atomic mass is 10.0. The zero-order valence-electron chi connectivity index (χ0n) is 23.2. The minimum absolute atomic E-state index is 0.0448. The smallest absolute Gasteiger partial charge is 0.326 e. The number of aromatic amines is 1. The molecule has 0 unspecified atom stereocenters. The molecule has 4 N–H and O–H groups in total. The van der Waals surface area contributed by atoms with E-state index in [2.05, 4.69) is 21.2 Å². The van der Waals surface area contributed by atoms with Gasteiger partial charge in [0.05, 0.1) is 29.3 Å². The number of terminal acetylenes is 1. The van der Waals surface area contributed by atoms with E-state index >= 15 is 4.39 Å². The van der Waals surface area contributed by atoms with Crippen molar-refractivity contribution in [1.29, 1.82) is 0 Å². The molecule has 0 radical (unpaired) electrons. The van der Waals surface area contributed by atoms with Crippen LogP contribution in [0.5, 0.6) is 0 Å². The van der Waals surface area contributed by atoms with E-state index in [9.17, 15) is 32.7 Å². The molecular weight excluding hydrogens is 569 g/mol. The van der Waals surface area contributed by atoms with Gasteiger partial charge in [-0.2, -0.15) is 0 Å². The fraction of sp³-hybridized carbons (Fsp3) is 0.321. The highest BCUT2D eigenvalue weighted by molar-refractivity contribution is 7.89. The SMILES string of the molecule is C#CCN(Cc1cc2c(=O)[nH]c(C)nc2cc1C)c1ccc(C(=O)N[C@H](CCCC(=O)NS(C)(=O)=O)C(=O)O)c(F)c1. The number of rotatable bonds is 12. The number of aromatic nitrogens is 2. The number of benzene rings is 2. The number of aryl methyl sites for hydroxylation is 2. The highest BCUT2D eigenvalue weighted by Crippen LogP contribution is 2.24. The molecule has 0 aliphatic rings. The maximum atomic E-state index is 15.1. The molecule has 0 bridgehead atoms. The third-order valence-corrected chi connectivity index (χ3v) is 6.89. The minimum Gasteiger partial charge on any atom is -0.480 e. The van der Waals surface area contributed by atoms with Crippen LogP contribution in [0.1, 0.15) is 46.6 Å². The van der Waals surface area contributed by atoms with Gasteiger partial charge in [0.2, 0.25) is 15.9 Å². The van der Waals surface area contributed by atoms with E-state index in [0.717, 1.165) is 23.4 Å². The first-order chi connectivity index (χ1) is 19.7. The molecule has 1 heterocycles. The minimum atomic E-state index is -3.75. The number of amides is 2. The van der Waals surface area contributed by atoms with E-state index < -0.39 is 45.2 Å². The van der Waals surface area contributed by atoms with E-state index in [4.69, 9.17) is 6.42 Å². The number of carboxylic acid groups (broad SMARTS) is 1. The van der Waals surface area contributed by atoms with E-state index in [1.807, 2.05) is 6.92 Å². The normalized spacial score (nSPS) is 11.9. The van der Waals surface area contributed by atoms with Gasteiger partial charge in [-0.3, -0.25) is 19.1 Å². The van der Waals surface area contributed by atoms with Crippen molar-refractivity contribution in [2.24, 2.45) is 0 Å². The summed E-state index contributed by atoms with van der Waals surface area (Å²) in [5.41, 5.74) is 1.79. The molecule has 0 saturated heterocycles. The summed E-state index contributed by atoms with van der Waals surface area (Å²) in [6.07, 6.45) is 5.83. The molecule has 222 valence electrons. The number of anilines is 1. The molecule has 0 saturated carbocycles. The Balaban J connectivity index is 1.76. The first-order valence-corrected chi connectivity index (χ1v) is 14.6. The maximum Gasteiger partial charge on any atom is 0.326 e. The molecule has 0 spiro atoms. The molecule has 3 rings (SSSR count). The van der Waals surface area contributed by atoms with Crippen LogP contribution in [0.4, 0.5) is 10.1 Å². The Morgan fingerprint density at radius 2 is 1.93 bits per heavy atom. The van der Waals surface area contributed by atoms with Crippen molar-refractivity contribution < 1.29 is 32.3 Å². The zero-order valence-corrected chi connectivity index (χ0v) is 24.0. The molecule has 0 aliphatic heterocycles. The van der Waals surface area contributed by atoms with Crippen molar-refractivity contribution in [2.75, 3.05) is 17.7 Å². The van der Waals surface area contributed by atoms with Crippen LogP contribution in [-0.4, -0.2) is 60.1 Å². The average molecular weight is 600 g/mol. The highest BCUT2D eigenvalue weighted by Gasteiger charge is 2.23. The van der Waals surface area contributed by atoms with Crippen molar-refractivity contribution >= 4 is 44.4 Å². The van der Waals surface area contributed by atoms with E-state index in [1.165, 1.54) is 12.1 Å². The summed E-state index contributed by atoms with van der Waals surface area (Å²) >= 11 is 0. The number of sulfonamides is 1. The van der Waals surface area contributed by atoms with Gasteiger partial charge in [0.25, 0.3) is 11.5 Å². The molecule has 2 amide bonds. The van der Waals surface area contributed by atoms with Crippen LogP contribution in [0, 0.1) is 32.0 Å². The predicted molar refractivity (Wildman–Crippen MR) is 154 cm³/mol. The number of fused-ring (bicyclic) bond motifs is 1. The lowest BCUT2D eigenvalue weighted by Crippen LogP contribution is -2.41. The summed E-state index contributed by atoms with van der Waals surface area (Å²) in [7, 11) is -3.75. The van der Waals surface area contributed by atoms with Crippen LogP contribution in [0.25, 0.3) is 10.9 Å². The summed E-state index contributed by atoms with van der Waals surface area (Å²) in [5.74, 6) is -1.12. The number of hydrogen-bond donors (Lipinski definition) is 4. The number of H-pyrrole nitrogens is 1. The van der Waals surface area contributed by atoms with Crippen molar-refractivity contribution in [3.8, 4) is 12.3 Å². The average Bonchev–Trinajstić information content (AvgIpc) is 2.87. The Hall–Kier alpha value is -4.77. The Morgan fingerprint density at radius 3 is 2.55 bits per heavy atom. The lowest BCUT2D eigenvalue weighted by molar-refractivity contribution is -0.139. The number of nitrogens with zero attached hydrogens (tertiary/aromatic N) is 2. The van der Waals surface area contributed by atoms with Gasteiger partial charge in [-0.1, -0.05) is 5.92 Å². The molecule has 14 heteroatoms. The molecule has 12 nitrogen and oxygen atoms in total. The second-order valence-corrected chi connectivity index (χ2v) is 11.5.